The summed E-state index contributed by atoms with van der Waals surface area (Å²) < 4.78 is 10.7. The molecule has 2 atom stereocenters. The maximum atomic E-state index is 11.5. The highest BCUT2D eigenvalue weighted by atomic mass is 16.6. The third-order valence-corrected chi connectivity index (χ3v) is 4.36. The van der Waals surface area contributed by atoms with Gasteiger partial charge in [0.25, 0.3) is 0 Å². The molecule has 1 aromatic carbocycles. The highest BCUT2D eigenvalue weighted by Gasteiger charge is 2.37. The molecule has 1 aromatic rings. The van der Waals surface area contributed by atoms with E-state index in [1.807, 2.05) is 24.3 Å². The predicted molar refractivity (Wildman–Crippen MR) is 84.2 cm³/mol. The van der Waals surface area contributed by atoms with E-state index < -0.39 is 0 Å². The molecular formula is C18H24O3. The Bertz CT molecular complexity index is 504. The molecule has 1 fully saturated rings. The predicted octanol–water partition coefficient (Wildman–Crippen LogP) is 4.22. The second-order valence-electron chi connectivity index (χ2n) is 5.95. The molecule has 2 rings (SSSR count). The van der Waals surface area contributed by atoms with Crippen LogP contribution in [-0.2, 0) is 9.53 Å². The third-order valence-electron chi connectivity index (χ3n) is 4.36. The summed E-state index contributed by atoms with van der Waals surface area (Å²) in [7, 11) is 1.67. The van der Waals surface area contributed by atoms with E-state index in [-0.39, 0.29) is 11.6 Å². The van der Waals surface area contributed by atoms with Gasteiger partial charge in [-0.15, -0.1) is 0 Å². The smallest absolute Gasteiger partial charge is 0.306 e. The van der Waals surface area contributed by atoms with E-state index >= 15 is 0 Å². The lowest BCUT2D eigenvalue weighted by Crippen LogP contribution is -2.41. The molecule has 0 N–H and O–H groups in total. The first kappa shape index (κ1) is 15.6. The minimum absolute atomic E-state index is 0.0604. The molecule has 114 valence electrons. The first-order valence-corrected chi connectivity index (χ1v) is 7.56. The van der Waals surface area contributed by atoms with Gasteiger partial charge in [0.2, 0.25) is 0 Å². The summed E-state index contributed by atoms with van der Waals surface area (Å²) in [4.78, 5) is 11.5. The van der Waals surface area contributed by atoms with E-state index in [9.17, 15) is 4.79 Å². The van der Waals surface area contributed by atoms with Crippen molar-refractivity contribution in [3.63, 3.8) is 0 Å². The van der Waals surface area contributed by atoms with Crippen LogP contribution in [0.25, 0.3) is 6.08 Å². The quantitative estimate of drug-likeness (QED) is 0.761. The maximum Gasteiger partial charge on any atom is 0.306 e. The summed E-state index contributed by atoms with van der Waals surface area (Å²) in [5.41, 5.74) is 0.827. The van der Waals surface area contributed by atoms with Crippen molar-refractivity contribution in [1.82, 2.24) is 0 Å². The lowest BCUT2D eigenvalue weighted by molar-refractivity contribution is -0.171. The Morgan fingerprint density at radius 2 is 2.10 bits per heavy atom. The molecule has 0 radical (unpaired) electrons. The summed E-state index contributed by atoms with van der Waals surface area (Å²) in [5, 5.41) is 0. The number of rotatable bonds is 5. The molecule has 0 aromatic heterocycles. The van der Waals surface area contributed by atoms with Crippen LogP contribution in [0.3, 0.4) is 0 Å². The number of cyclic esters (lactones) is 1. The van der Waals surface area contributed by atoms with Crippen molar-refractivity contribution in [3.05, 3.63) is 35.9 Å². The number of benzene rings is 1. The van der Waals surface area contributed by atoms with Crippen LogP contribution in [0.15, 0.2) is 30.3 Å². The topological polar surface area (TPSA) is 35.5 Å². The van der Waals surface area contributed by atoms with Crippen molar-refractivity contribution >= 4 is 12.0 Å². The minimum Gasteiger partial charge on any atom is -0.497 e. The number of hydrogen-bond acceptors (Lipinski definition) is 3. The van der Waals surface area contributed by atoms with Crippen LogP contribution in [0.2, 0.25) is 0 Å². The summed E-state index contributed by atoms with van der Waals surface area (Å²) >= 11 is 0. The zero-order valence-corrected chi connectivity index (χ0v) is 13.1. The van der Waals surface area contributed by atoms with Crippen LogP contribution in [0.1, 0.15) is 45.1 Å². The Morgan fingerprint density at radius 1 is 1.38 bits per heavy atom. The fourth-order valence-electron chi connectivity index (χ4n) is 2.67. The van der Waals surface area contributed by atoms with Gasteiger partial charge in [-0.05, 0) is 49.8 Å². The average molecular weight is 288 g/mol. The van der Waals surface area contributed by atoms with E-state index in [0.29, 0.717) is 12.3 Å². The van der Waals surface area contributed by atoms with Gasteiger partial charge < -0.3 is 9.47 Å². The van der Waals surface area contributed by atoms with Crippen molar-refractivity contribution in [3.8, 4) is 5.75 Å². The van der Waals surface area contributed by atoms with Gasteiger partial charge in [0, 0.05) is 6.42 Å². The van der Waals surface area contributed by atoms with Gasteiger partial charge in [-0.1, -0.05) is 31.2 Å². The second kappa shape index (κ2) is 6.79. The number of esters is 1. The molecule has 1 saturated heterocycles. The normalized spacial score (nSPS) is 23.9. The van der Waals surface area contributed by atoms with Gasteiger partial charge in [-0.25, -0.2) is 0 Å². The Balaban J connectivity index is 1.91. The molecule has 0 aliphatic carbocycles. The molecule has 0 spiro atoms. The molecule has 0 bridgehead atoms. The second-order valence-corrected chi connectivity index (χ2v) is 5.95. The van der Waals surface area contributed by atoms with Crippen molar-refractivity contribution in [2.45, 2.75) is 45.1 Å². The Morgan fingerprint density at radius 3 is 2.71 bits per heavy atom. The van der Waals surface area contributed by atoms with Crippen LogP contribution in [0.5, 0.6) is 5.75 Å². The Kier molecular flexibility index (Phi) is 5.05. The fourth-order valence-corrected chi connectivity index (χ4v) is 2.67. The van der Waals surface area contributed by atoms with E-state index in [1.165, 1.54) is 0 Å². The van der Waals surface area contributed by atoms with E-state index in [2.05, 4.69) is 26.0 Å². The molecule has 2 unspecified atom stereocenters. The van der Waals surface area contributed by atoms with E-state index in [4.69, 9.17) is 9.47 Å². The molecule has 1 aliphatic heterocycles. The molecule has 0 amide bonds. The van der Waals surface area contributed by atoms with Crippen LogP contribution in [0.4, 0.5) is 0 Å². The molecule has 21 heavy (non-hydrogen) atoms. The fraction of sp³-hybridized carbons (Fsp3) is 0.500. The van der Waals surface area contributed by atoms with Crippen molar-refractivity contribution < 1.29 is 14.3 Å². The Hall–Kier alpha value is -1.77. The minimum atomic E-state index is -0.320. The maximum absolute atomic E-state index is 11.5. The monoisotopic (exact) mass is 288 g/mol. The molecule has 1 aliphatic rings. The molecule has 3 nitrogen and oxygen atoms in total. The number of methoxy groups -OCH3 is 1. The van der Waals surface area contributed by atoms with Gasteiger partial charge in [-0.2, -0.15) is 0 Å². The van der Waals surface area contributed by atoms with Gasteiger partial charge in [-0.3, -0.25) is 4.79 Å². The number of ether oxygens (including phenoxy) is 2. The summed E-state index contributed by atoms with van der Waals surface area (Å²) in [6.07, 6.45) is 7.60. The summed E-state index contributed by atoms with van der Waals surface area (Å²) in [5.74, 6) is 1.12. The van der Waals surface area contributed by atoms with Crippen molar-refractivity contribution in [1.29, 1.82) is 0 Å². The van der Waals surface area contributed by atoms with Gasteiger partial charge >= 0.3 is 5.97 Å². The first-order chi connectivity index (χ1) is 10.0. The number of carbonyl (C=O) groups is 1. The molecule has 1 heterocycles. The first-order valence-electron chi connectivity index (χ1n) is 7.56. The van der Waals surface area contributed by atoms with Gasteiger partial charge in [0.15, 0.2) is 0 Å². The summed E-state index contributed by atoms with van der Waals surface area (Å²) in [6, 6.07) is 7.96. The van der Waals surface area contributed by atoms with Gasteiger partial charge in [0.1, 0.15) is 11.4 Å². The van der Waals surface area contributed by atoms with Crippen molar-refractivity contribution in [2.75, 3.05) is 7.11 Å². The standard InChI is InChI=1S/C18H24O3/c1-14(18(2)13-5-8-17(19)21-18)6-4-7-15-9-11-16(20-3)12-10-15/h4,7,9-12,14H,5-6,8,13H2,1-3H3. The highest BCUT2D eigenvalue weighted by Crippen LogP contribution is 2.34. The van der Waals surface area contributed by atoms with Crippen LogP contribution < -0.4 is 4.74 Å². The van der Waals surface area contributed by atoms with Crippen LogP contribution >= 0.6 is 0 Å². The van der Waals surface area contributed by atoms with E-state index in [1.54, 1.807) is 7.11 Å². The molecule has 0 saturated carbocycles. The van der Waals surface area contributed by atoms with Crippen LogP contribution in [-0.4, -0.2) is 18.7 Å². The summed E-state index contributed by atoms with van der Waals surface area (Å²) in [6.45, 7) is 4.20. The zero-order valence-electron chi connectivity index (χ0n) is 13.1. The highest BCUT2D eigenvalue weighted by molar-refractivity contribution is 5.70. The van der Waals surface area contributed by atoms with Crippen LogP contribution in [0, 0.1) is 5.92 Å². The lowest BCUT2D eigenvalue weighted by atomic mass is 9.82. The number of hydrogen-bond donors (Lipinski definition) is 0. The van der Waals surface area contributed by atoms with Gasteiger partial charge in [0.05, 0.1) is 7.11 Å². The molecule has 3 heteroatoms. The number of carbonyl (C=O) groups excluding carboxylic acids is 1. The third kappa shape index (κ3) is 4.10. The zero-order chi connectivity index (χ0) is 15.3. The average Bonchev–Trinajstić information content (AvgIpc) is 2.47. The lowest BCUT2D eigenvalue weighted by Gasteiger charge is -2.38. The van der Waals surface area contributed by atoms with E-state index in [0.717, 1.165) is 30.6 Å². The molecular weight excluding hydrogens is 264 g/mol. The van der Waals surface area contributed by atoms with Crippen molar-refractivity contribution in [2.24, 2.45) is 5.92 Å². The number of allylic oxidation sites excluding steroid dienone is 1. The Labute approximate surface area is 127 Å². The largest absolute Gasteiger partial charge is 0.497 e. The SMILES string of the molecule is COc1ccc(C=CCC(C)C2(C)CCCC(=O)O2)cc1.